The maximum absolute atomic E-state index is 12.4. The summed E-state index contributed by atoms with van der Waals surface area (Å²) >= 11 is 0. The molecule has 1 amide bonds. The number of aromatic amines is 1. The van der Waals surface area contributed by atoms with Crippen molar-refractivity contribution in [1.29, 1.82) is 0 Å². The van der Waals surface area contributed by atoms with Gasteiger partial charge in [-0.15, -0.1) is 0 Å². The Morgan fingerprint density at radius 2 is 2.29 bits per heavy atom. The molecule has 2 unspecified atom stereocenters. The maximum atomic E-state index is 12.4. The molecule has 1 aromatic heterocycles. The number of piperidine rings is 1. The van der Waals surface area contributed by atoms with Crippen LogP contribution in [0.4, 0.5) is 5.69 Å². The number of rotatable bonds is 2. The van der Waals surface area contributed by atoms with Crippen LogP contribution >= 0.6 is 0 Å². The van der Waals surface area contributed by atoms with Crippen LogP contribution in [0.3, 0.4) is 0 Å². The minimum Gasteiger partial charge on any atom is -0.397 e. The second-order valence-corrected chi connectivity index (χ2v) is 6.02. The van der Waals surface area contributed by atoms with E-state index in [1.807, 2.05) is 24.3 Å². The molecule has 1 fully saturated rings. The fourth-order valence-corrected chi connectivity index (χ4v) is 2.99. The van der Waals surface area contributed by atoms with Crippen molar-refractivity contribution in [3.8, 4) is 0 Å². The molecule has 0 bridgehead atoms. The Hall–Kier alpha value is -2.01. The summed E-state index contributed by atoms with van der Waals surface area (Å²) in [6.45, 7) is 3.22. The lowest BCUT2D eigenvalue weighted by Crippen LogP contribution is -2.47. The third-order valence-electron chi connectivity index (χ3n) is 4.48. The van der Waals surface area contributed by atoms with Gasteiger partial charge < -0.3 is 20.9 Å². The molecule has 0 spiro atoms. The first-order valence-corrected chi connectivity index (χ1v) is 7.43. The van der Waals surface area contributed by atoms with E-state index in [2.05, 4.69) is 29.2 Å². The summed E-state index contributed by atoms with van der Waals surface area (Å²) in [5.41, 5.74) is 8.00. The van der Waals surface area contributed by atoms with Gasteiger partial charge in [0, 0.05) is 24.0 Å². The highest BCUT2D eigenvalue weighted by atomic mass is 16.1. The van der Waals surface area contributed by atoms with Crippen LogP contribution in [0.2, 0.25) is 0 Å². The van der Waals surface area contributed by atoms with E-state index in [4.69, 9.17) is 5.73 Å². The van der Waals surface area contributed by atoms with Crippen LogP contribution in [0.25, 0.3) is 10.9 Å². The van der Waals surface area contributed by atoms with Crippen LogP contribution in [0, 0.1) is 0 Å². The number of hydrogen-bond acceptors (Lipinski definition) is 3. The quantitative estimate of drug-likeness (QED) is 0.739. The van der Waals surface area contributed by atoms with Crippen molar-refractivity contribution < 1.29 is 4.79 Å². The van der Waals surface area contributed by atoms with Crippen LogP contribution in [-0.2, 0) is 0 Å². The number of H-pyrrole nitrogens is 1. The molecule has 1 aliphatic heterocycles. The minimum atomic E-state index is -0.0487. The zero-order chi connectivity index (χ0) is 15.0. The van der Waals surface area contributed by atoms with Crippen molar-refractivity contribution >= 4 is 22.5 Å². The zero-order valence-corrected chi connectivity index (χ0v) is 12.5. The summed E-state index contributed by atoms with van der Waals surface area (Å²) in [4.78, 5) is 17.8. The van der Waals surface area contributed by atoms with E-state index in [1.54, 1.807) is 0 Å². The van der Waals surface area contributed by atoms with Gasteiger partial charge in [0.2, 0.25) is 0 Å². The third-order valence-corrected chi connectivity index (χ3v) is 4.48. The van der Waals surface area contributed by atoms with Gasteiger partial charge in [-0.1, -0.05) is 12.1 Å². The number of aromatic nitrogens is 1. The molecule has 1 aliphatic rings. The second-order valence-electron chi connectivity index (χ2n) is 6.02. The largest absolute Gasteiger partial charge is 0.397 e. The van der Waals surface area contributed by atoms with E-state index in [9.17, 15) is 4.79 Å². The predicted molar refractivity (Wildman–Crippen MR) is 85.3 cm³/mol. The maximum Gasteiger partial charge on any atom is 0.267 e. The number of para-hydroxylation sites is 1. The van der Waals surface area contributed by atoms with E-state index in [0.29, 0.717) is 17.4 Å². The summed E-state index contributed by atoms with van der Waals surface area (Å²) < 4.78 is 0. The third kappa shape index (κ3) is 2.74. The van der Waals surface area contributed by atoms with Crippen molar-refractivity contribution in [3.05, 3.63) is 30.0 Å². The number of nitrogens with two attached hydrogens (primary N) is 1. The molecular formula is C16H22N4O. The van der Waals surface area contributed by atoms with Crippen LogP contribution in [0.5, 0.6) is 0 Å². The molecule has 5 nitrogen and oxygen atoms in total. The van der Waals surface area contributed by atoms with E-state index in [1.165, 1.54) is 0 Å². The van der Waals surface area contributed by atoms with Gasteiger partial charge >= 0.3 is 0 Å². The van der Waals surface area contributed by atoms with E-state index >= 15 is 0 Å². The van der Waals surface area contributed by atoms with Gasteiger partial charge in [0.25, 0.3) is 5.91 Å². The van der Waals surface area contributed by atoms with Crippen molar-refractivity contribution in [3.63, 3.8) is 0 Å². The van der Waals surface area contributed by atoms with E-state index in [0.717, 1.165) is 30.3 Å². The number of benzene rings is 1. The number of anilines is 1. The number of carbonyl (C=O) groups is 1. The van der Waals surface area contributed by atoms with Crippen molar-refractivity contribution in [2.24, 2.45) is 0 Å². The van der Waals surface area contributed by atoms with Crippen molar-refractivity contribution in [2.45, 2.75) is 31.8 Å². The number of hydrogen-bond donors (Lipinski definition) is 3. The molecule has 2 heterocycles. The highest BCUT2D eigenvalue weighted by molar-refractivity contribution is 6.00. The van der Waals surface area contributed by atoms with Crippen LogP contribution in [0.15, 0.2) is 24.3 Å². The smallest absolute Gasteiger partial charge is 0.267 e. The molecule has 0 aliphatic carbocycles. The van der Waals surface area contributed by atoms with E-state index in [-0.39, 0.29) is 11.9 Å². The molecule has 1 saturated heterocycles. The first-order chi connectivity index (χ1) is 10.0. The first-order valence-electron chi connectivity index (χ1n) is 7.43. The number of fused-ring (bicyclic) bond motifs is 1. The Bertz CT molecular complexity index is 663. The molecule has 0 saturated carbocycles. The Balaban J connectivity index is 1.74. The molecule has 2 aromatic rings. The number of carbonyl (C=O) groups excluding carboxylic acids is 1. The zero-order valence-electron chi connectivity index (χ0n) is 12.5. The lowest BCUT2D eigenvalue weighted by Gasteiger charge is -2.35. The standard InChI is InChI=1S/C16H22N4O/c1-10-8-12(6-7-20(10)2)18-16(21)14-9-11-4-3-5-13(17)15(11)19-14/h3-5,9-10,12,19H,6-8,17H2,1-2H3,(H,18,21). The van der Waals surface area contributed by atoms with Crippen LogP contribution in [-0.4, -0.2) is 41.5 Å². The number of nitrogens with zero attached hydrogens (tertiary/aromatic N) is 1. The Morgan fingerprint density at radius 1 is 1.48 bits per heavy atom. The minimum absolute atomic E-state index is 0.0487. The van der Waals surface area contributed by atoms with Crippen molar-refractivity contribution in [2.75, 3.05) is 19.3 Å². The SMILES string of the molecule is CC1CC(NC(=O)c2cc3cccc(N)c3[nH]2)CCN1C. The molecular weight excluding hydrogens is 264 g/mol. The molecule has 4 N–H and O–H groups in total. The molecule has 3 rings (SSSR count). The summed E-state index contributed by atoms with van der Waals surface area (Å²) in [5, 5.41) is 4.10. The summed E-state index contributed by atoms with van der Waals surface area (Å²) in [7, 11) is 2.13. The van der Waals surface area contributed by atoms with Gasteiger partial charge in [0.05, 0.1) is 11.2 Å². The number of nitrogens with one attached hydrogen (secondary N) is 2. The van der Waals surface area contributed by atoms with E-state index < -0.39 is 0 Å². The first kappa shape index (κ1) is 13.9. The van der Waals surface area contributed by atoms with Gasteiger partial charge in [0.1, 0.15) is 5.69 Å². The summed E-state index contributed by atoms with van der Waals surface area (Å²) in [6.07, 6.45) is 1.99. The van der Waals surface area contributed by atoms with Crippen molar-refractivity contribution in [1.82, 2.24) is 15.2 Å². The van der Waals surface area contributed by atoms with Gasteiger partial charge in [-0.25, -0.2) is 0 Å². The lowest BCUT2D eigenvalue weighted by atomic mass is 9.99. The second kappa shape index (κ2) is 5.41. The summed E-state index contributed by atoms with van der Waals surface area (Å²) in [6, 6.07) is 8.29. The molecule has 21 heavy (non-hydrogen) atoms. The molecule has 0 radical (unpaired) electrons. The molecule has 112 valence electrons. The number of likely N-dealkylation sites (tertiary alicyclic amines) is 1. The van der Waals surface area contributed by atoms with Gasteiger partial charge in [0.15, 0.2) is 0 Å². The normalized spacial score (nSPS) is 23.3. The van der Waals surface area contributed by atoms with Gasteiger partial charge in [-0.3, -0.25) is 4.79 Å². The predicted octanol–water partition coefficient (Wildman–Crippen LogP) is 1.96. The van der Waals surface area contributed by atoms with Crippen LogP contribution in [0.1, 0.15) is 30.3 Å². The fourth-order valence-electron chi connectivity index (χ4n) is 2.99. The topological polar surface area (TPSA) is 74.1 Å². The monoisotopic (exact) mass is 286 g/mol. The lowest BCUT2D eigenvalue weighted by molar-refractivity contribution is 0.0892. The van der Waals surface area contributed by atoms with Gasteiger partial charge in [-0.05, 0) is 38.9 Å². The fraction of sp³-hybridized carbons (Fsp3) is 0.438. The van der Waals surface area contributed by atoms with Crippen LogP contribution < -0.4 is 11.1 Å². The highest BCUT2D eigenvalue weighted by Crippen LogP contribution is 2.21. The highest BCUT2D eigenvalue weighted by Gasteiger charge is 2.24. The Labute approximate surface area is 124 Å². The molecule has 1 aromatic carbocycles. The molecule has 2 atom stereocenters. The summed E-state index contributed by atoms with van der Waals surface area (Å²) in [5.74, 6) is -0.0487. The Kier molecular flexibility index (Phi) is 3.59. The number of nitrogen functional groups attached to an aromatic ring is 1. The average Bonchev–Trinajstić information content (AvgIpc) is 2.89. The van der Waals surface area contributed by atoms with Gasteiger partial charge in [-0.2, -0.15) is 0 Å². The number of amides is 1. The average molecular weight is 286 g/mol. The Morgan fingerprint density at radius 3 is 3.00 bits per heavy atom. The molecule has 5 heteroatoms.